The second kappa shape index (κ2) is 8.29. The molecule has 0 aromatic rings. The molecule has 2 heterocycles. The first-order valence-electron chi connectivity index (χ1n) is 13.2. The van der Waals surface area contributed by atoms with Crippen LogP contribution in [0, 0.1) is 35.0 Å². The predicted molar refractivity (Wildman–Crippen MR) is 127 cm³/mol. The lowest BCUT2D eigenvalue weighted by Crippen LogP contribution is -2.53. The molecule has 9 unspecified atom stereocenters. The van der Waals surface area contributed by atoms with Crippen molar-refractivity contribution in [3.05, 3.63) is 22.8 Å². The Morgan fingerprint density at radius 2 is 1.97 bits per heavy atom. The van der Waals surface area contributed by atoms with E-state index in [2.05, 4.69) is 45.7 Å². The fraction of sp³-hybridized carbons (Fsp3) is 0.857. The molecule has 174 valence electrons. The van der Waals surface area contributed by atoms with Gasteiger partial charge in [0, 0.05) is 12.6 Å². The number of piperidine rings is 1. The average molecular weight is 428 g/mol. The van der Waals surface area contributed by atoms with Crippen LogP contribution in [0.3, 0.4) is 0 Å². The molecule has 3 fully saturated rings. The number of hydrogen-bond acceptors (Lipinski definition) is 3. The zero-order chi connectivity index (χ0) is 21.9. The molecule has 0 aromatic carbocycles. The van der Waals surface area contributed by atoms with Crippen molar-refractivity contribution in [3.63, 3.8) is 0 Å². The second-order valence-electron chi connectivity index (χ2n) is 12.3. The topological polar surface area (TPSA) is 32.7 Å². The third-order valence-electron chi connectivity index (χ3n) is 10.3. The summed E-state index contributed by atoms with van der Waals surface area (Å²) < 4.78 is 6.71. The van der Waals surface area contributed by atoms with Crippen LogP contribution >= 0.6 is 0 Å². The zero-order valence-corrected chi connectivity index (χ0v) is 20.6. The molecule has 2 saturated carbocycles. The van der Waals surface area contributed by atoms with Gasteiger partial charge in [-0.15, -0.1) is 0 Å². The van der Waals surface area contributed by atoms with Crippen molar-refractivity contribution in [2.24, 2.45) is 35.0 Å². The summed E-state index contributed by atoms with van der Waals surface area (Å²) in [6, 6.07) is 0.568. The second-order valence-corrected chi connectivity index (χ2v) is 12.3. The van der Waals surface area contributed by atoms with Gasteiger partial charge in [0.15, 0.2) is 0 Å². The summed E-state index contributed by atoms with van der Waals surface area (Å²) in [5.74, 6) is 3.71. The maximum Gasteiger partial charge on any atom is 0.0740 e. The highest BCUT2D eigenvalue weighted by molar-refractivity contribution is 5.32. The molecule has 0 spiro atoms. The number of fused-ring (bicyclic) bond motifs is 6. The number of rotatable bonds is 0. The van der Waals surface area contributed by atoms with Crippen LogP contribution in [0.4, 0.5) is 0 Å². The summed E-state index contributed by atoms with van der Waals surface area (Å²) >= 11 is 0. The van der Waals surface area contributed by atoms with Gasteiger partial charge in [-0.25, -0.2) is 0 Å². The van der Waals surface area contributed by atoms with Crippen molar-refractivity contribution in [2.75, 3.05) is 20.2 Å². The molecular weight excluding hydrogens is 382 g/mol. The molecule has 3 nitrogen and oxygen atoms in total. The Morgan fingerprint density at radius 3 is 2.77 bits per heavy atom. The minimum Gasteiger partial charge on any atom is -0.393 e. The van der Waals surface area contributed by atoms with Crippen molar-refractivity contribution >= 4 is 0 Å². The van der Waals surface area contributed by atoms with Crippen LogP contribution < -0.4 is 0 Å². The summed E-state index contributed by atoms with van der Waals surface area (Å²) in [7, 11) is 2.32. The monoisotopic (exact) mass is 427 g/mol. The summed E-state index contributed by atoms with van der Waals surface area (Å²) in [6.45, 7) is 11.8. The van der Waals surface area contributed by atoms with E-state index in [1.54, 1.807) is 11.1 Å². The number of allylic oxidation sites excluding steroid dienone is 2. The van der Waals surface area contributed by atoms with Crippen molar-refractivity contribution in [1.82, 2.24) is 4.90 Å². The van der Waals surface area contributed by atoms with Crippen LogP contribution in [-0.4, -0.2) is 48.5 Å². The van der Waals surface area contributed by atoms with Crippen LogP contribution in [0.2, 0.25) is 0 Å². The zero-order valence-electron chi connectivity index (χ0n) is 20.6. The highest BCUT2D eigenvalue weighted by Crippen LogP contribution is 2.62. The molecule has 31 heavy (non-hydrogen) atoms. The van der Waals surface area contributed by atoms with Gasteiger partial charge in [-0.2, -0.15) is 0 Å². The van der Waals surface area contributed by atoms with Gasteiger partial charge < -0.3 is 14.7 Å². The van der Waals surface area contributed by atoms with E-state index in [0.717, 1.165) is 43.1 Å². The summed E-state index contributed by atoms with van der Waals surface area (Å²) in [6.07, 6.45) is 12.3. The van der Waals surface area contributed by atoms with Gasteiger partial charge in [-0.1, -0.05) is 38.0 Å². The Kier molecular flexibility index (Phi) is 5.93. The third kappa shape index (κ3) is 3.77. The van der Waals surface area contributed by atoms with E-state index >= 15 is 0 Å². The number of likely N-dealkylation sites (N-methyl/N-ethyl adjacent to an activating group) is 1. The first-order chi connectivity index (χ1) is 14.8. The molecule has 3 aliphatic carbocycles. The van der Waals surface area contributed by atoms with E-state index in [0.29, 0.717) is 23.5 Å². The minimum atomic E-state index is -0.115. The van der Waals surface area contributed by atoms with Crippen molar-refractivity contribution in [2.45, 2.75) is 97.3 Å². The molecule has 1 saturated heterocycles. The van der Waals surface area contributed by atoms with Gasteiger partial charge in [-0.3, -0.25) is 0 Å². The van der Waals surface area contributed by atoms with Gasteiger partial charge in [0.2, 0.25) is 0 Å². The van der Waals surface area contributed by atoms with Gasteiger partial charge in [-0.05, 0) is 106 Å². The van der Waals surface area contributed by atoms with Gasteiger partial charge >= 0.3 is 0 Å². The maximum atomic E-state index is 10.3. The van der Waals surface area contributed by atoms with E-state index in [4.69, 9.17) is 4.74 Å². The molecule has 5 aliphatic rings. The Bertz CT molecular complexity index is 756. The van der Waals surface area contributed by atoms with Crippen molar-refractivity contribution < 1.29 is 9.84 Å². The normalized spacial score (nSPS) is 48.9. The molecule has 5 rings (SSSR count). The lowest BCUT2D eigenvalue weighted by Gasteiger charge is -2.49. The molecule has 0 aromatic heterocycles. The quantitative estimate of drug-likeness (QED) is 0.511. The van der Waals surface area contributed by atoms with E-state index < -0.39 is 0 Å². The Hall–Kier alpha value is -0.640. The van der Waals surface area contributed by atoms with Crippen LogP contribution in [0.15, 0.2) is 22.8 Å². The SMILES string of the molecule is CC1=C2CC3C(CC=C4CC(O)CCC43C)C2CCC(C)C2C(CC(C)CN2C)OC1. The maximum absolute atomic E-state index is 10.3. The first-order valence-corrected chi connectivity index (χ1v) is 13.2. The molecule has 9 atom stereocenters. The molecule has 1 N–H and O–H groups in total. The summed E-state index contributed by atoms with van der Waals surface area (Å²) in [5.41, 5.74) is 5.16. The summed E-state index contributed by atoms with van der Waals surface area (Å²) in [4.78, 5) is 2.60. The highest BCUT2D eigenvalue weighted by Gasteiger charge is 2.53. The summed E-state index contributed by atoms with van der Waals surface area (Å²) in [5, 5.41) is 10.3. The van der Waals surface area contributed by atoms with Gasteiger partial charge in [0.1, 0.15) is 0 Å². The number of aliphatic hydroxyl groups excluding tert-OH is 1. The lowest BCUT2D eigenvalue weighted by molar-refractivity contribution is -0.0631. The first kappa shape index (κ1) is 22.2. The highest BCUT2D eigenvalue weighted by atomic mass is 16.5. The van der Waals surface area contributed by atoms with Crippen LogP contribution in [0.5, 0.6) is 0 Å². The molecule has 0 bridgehead atoms. The number of nitrogens with zero attached hydrogens (tertiary/aromatic N) is 1. The predicted octanol–water partition coefficient (Wildman–Crippen LogP) is 5.59. The number of likely N-dealkylation sites (tertiary alicyclic amines) is 1. The lowest BCUT2D eigenvalue weighted by atomic mass is 9.56. The molecule has 3 heteroatoms. The standard InChI is InChI=1S/C28H45NO2/c1-17-12-26-27(29(5)15-17)18(2)6-8-22-23-9-7-20-13-21(30)10-11-28(20,4)25(23)14-24(22)19(3)16-31-26/h7,17-18,21-23,25-27,30H,6,8-16H2,1-5H3. The third-order valence-corrected chi connectivity index (χ3v) is 10.3. The van der Waals surface area contributed by atoms with E-state index in [-0.39, 0.29) is 6.10 Å². The fourth-order valence-electron chi connectivity index (χ4n) is 8.63. The average Bonchev–Trinajstić information content (AvgIpc) is 3.10. The fourth-order valence-corrected chi connectivity index (χ4v) is 8.63. The Balaban J connectivity index is 1.44. The van der Waals surface area contributed by atoms with E-state index in [1.165, 1.54) is 50.6 Å². The van der Waals surface area contributed by atoms with Gasteiger partial charge in [0.05, 0.1) is 18.8 Å². The van der Waals surface area contributed by atoms with Crippen molar-refractivity contribution in [1.29, 1.82) is 0 Å². The minimum absolute atomic E-state index is 0.115. The Labute approximate surface area is 190 Å². The number of ether oxygens (including phenoxy) is 1. The molecular formula is C28H45NO2. The number of aliphatic hydroxyl groups is 1. The van der Waals surface area contributed by atoms with Crippen LogP contribution in [-0.2, 0) is 4.74 Å². The largest absolute Gasteiger partial charge is 0.393 e. The van der Waals surface area contributed by atoms with Crippen molar-refractivity contribution in [3.8, 4) is 0 Å². The smallest absolute Gasteiger partial charge is 0.0740 e. The number of hydrogen-bond donors (Lipinski definition) is 1. The van der Waals surface area contributed by atoms with Crippen LogP contribution in [0.1, 0.15) is 79.1 Å². The molecule has 0 radical (unpaired) electrons. The Morgan fingerprint density at radius 1 is 1.16 bits per heavy atom. The van der Waals surface area contributed by atoms with Gasteiger partial charge in [0.25, 0.3) is 0 Å². The molecule has 0 amide bonds. The van der Waals surface area contributed by atoms with Crippen LogP contribution in [0.25, 0.3) is 0 Å². The van der Waals surface area contributed by atoms with E-state index in [9.17, 15) is 5.11 Å². The van der Waals surface area contributed by atoms with E-state index in [1.807, 2.05) is 0 Å². The molecule has 2 aliphatic heterocycles.